The number of unbranched alkanes of at least 4 members (excludes halogenated alkanes) is 3. The molecule has 1 aliphatic heterocycles. The average molecular weight is 335 g/mol. The molecular weight excluding hydrogens is 315 g/mol. The lowest BCUT2D eigenvalue weighted by Crippen LogP contribution is -2.41. The third-order valence-electron chi connectivity index (χ3n) is 3.51. The van der Waals surface area contributed by atoms with Gasteiger partial charge in [-0.1, -0.05) is 32.3 Å². The molecule has 0 aromatic carbocycles. The number of halogens is 3. The first-order valence-corrected chi connectivity index (χ1v) is 8.22. The van der Waals surface area contributed by atoms with E-state index in [1.54, 1.807) is 6.08 Å². The van der Waals surface area contributed by atoms with Crippen LogP contribution in [0.4, 0.5) is 13.2 Å². The molecule has 0 atom stereocenters. The second-order valence-electron chi connectivity index (χ2n) is 5.23. The van der Waals surface area contributed by atoms with Crippen LogP contribution in [0.3, 0.4) is 0 Å². The van der Waals surface area contributed by atoms with Crippen LogP contribution < -0.4 is 4.74 Å². The SMILES string of the molecule is CCCCCCOc1nsnc1C1=CCCN(C(F)(F)F)C1. The molecule has 2 heterocycles. The number of hydrogen-bond donors (Lipinski definition) is 0. The molecule has 0 saturated carbocycles. The first-order valence-electron chi connectivity index (χ1n) is 7.49. The lowest BCUT2D eigenvalue weighted by Gasteiger charge is -2.28. The van der Waals surface area contributed by atoms with Crippen molar-refractivity contribution in [3.05, 3.63) is 11.8 Å². The lowest BCUT2D eigenvalue weighted by atomic mass is 10.1. The Labute approximate surface area is 132 Å². The first kappa shape index (κ1) is 17.2. The van der Waals surface area contributed by atoms with E-state index in [0.717, 1.165) is 37.4 Å². The summed E-state index contributed by atoms with van der Waals surface area (Å²) in [5.41, 5.74) is 0.996. The Hall–Kier alpha value is -1.15. The summed E-state index contributed by atoms with van der Waals surface area (Å²) in [5.74, 6) is 0.358. The van der Waals surface area contributed by atoms with Crippen molar-refractivity contribution >= 4 is 17.3 Å². The molecular formula is C14H20F3N3OS. The minimum Gasteiger partial charge on any atom is -0.475 e. The molecule has 2 rings (SSSR count). The van der Waals surface area contributed by atoms with Gasteiger partial charge in [-0.25, -0.2) is 4.90 Å². The van der Waals surface area contributed by atoms with Crippen LogP contribution in [-0.4, -0.2) is 39.6 Å². The number of nitrogens with zero attached hydrogens (tertiary/aromatic N) is 3. The van der Waals surface area contributed by atoms with Crippen molar-refractivity contribution in [1.29, 1.82) is 0 Å². The molecule has 0 aliphatic carbocycles. The molecule has 4 nitrogen and oxygen atoms in total. The highest BCUT2D eigenvalue weighted by Gasteiger charge is 2.38. The number of alkyl halides is 3. The van der Waals surface area contributed by atoms with Gasteiger partial charge >= 0.3 is 6.30 Å². The van der Waals surface area contributed by atoms with E-state index in [1.807, 2.05) is 0 Å². The summed E-state index contributed by atoms with van der Waals surface area (Å²) in [6.45, 7) is 2.44. The van der Waals surface area contributed by atoms with Gasteiger partial charge in [0.05, 0.1) is 18.3 Å². The molecule has 0 bridgehead atoms. The van der Waals surface area contributed by atoms with Crippen molar-refractivity contribution in [2.24, 2.45) is 0 Å². The number of aromatic nitrogens is 2. The molecule has 22 heavy (non-hydrogen) atoms. The second-order valence-corrected chi connectivity index (χ2v) is 5.76. The van der Waals surface area contributed by atoms with Crippen molar-refractivity contribution in [2.75, 3.05) is 19.7 Å². The Morgan fingerprint density at radius 1 is 1.27 bits per heavy atom. The summed E-state index contributed by atoms with van der Waals surface area (Å²) < 4.78 is 52.2. The van der Waals surface area contributed by atoms with Crippen LogP contribution >= 0.6 is 11.7 Å². The molecule has 0 N–H and O–H groups in total. The zero-order valence-electron chi connectivity index (χ0n) is 12.5. The van der Waals surface area contributed by atoms with Crippen LogP contribution in [0.25, 0.3) is 5.57 Å². The molecule has 1 aromatic rings. The normalized spacial score (nSPS) is 16.6. The predicted molar refractivity (Wildman–Crippen MR) is 79.8 cm³/mol. The molecule has 8 heteroatoms. The van der Waals surface area contributed by atoms with Gasteiger partial charge in [0.15, 0.2) is 0 Å². The quantitative estimate of drug-likeness (QED) is 0.555. The van der Waals surface area contributed by atoms with Gasteiger partial charge in [0.2, 0.25) is 0 Å². The third-order valence-corrected chi connectivity index (χ3v) is 4.02. The van der Waals surface area contributed by atoms with Crippen molar-refractivity contribution in [3.63, 3.8) is 0 Å². The maximum absolute atomic E-state index is 12.8. The van der Waals surface area contributed by atoms with Gasteiger partial charge < -0.3 is 4.74 Å². The van der Waals surface area contributed by atoms with E-state index in [0.29, 0.717) is 35.1 Å². The van der Waals surface area contributed by atoms with Crippen LogP contribution in [-0.2, 0) is 0 Å². The summed E-state index contributed by atoms with van der Waals surface area (Å²) in [7, 11) is 0. The summed E-state index contributed by atoms with van der Waals surface area (Å²) in [4.78, 5) is 0.493. The van der Waals surface area contributed by atoms with Gasteiger partial charge in [0, 0.05) is 13.1 Å². The van der Waals surface area contributed by atoms with Crippen LogP contribution in [0.1, 0.15) is 44.7 Å². The zero-order valence-corrected chi connectivity index (χ0v) is 13.3. The molecule has 0 amide bonds. The molecule has 0 radical (unpaired) electrons. The van der Waals surface area contributed by atoms with E-state index < -0.39 is 6.30 Å². The van der Waals surface area contributed by atoms with Crippen LogP contribution in [0, 0.1) is 0 Å². The minimum atomic E-state index is -4.32. The predicted octanol–water partition coefficient (Wildman–Crippen LogP) is 4.11. The van der Waals surface area contributed by atoms with Gasteiger partial charge in [0.25, 0.3) is 5.88 Å². The second kappa shape index (κ2) is 7.92. The summed E-state index contributed by atoms with van der Waals surface area (Å²) in [6.07, 6.45) is 2.11. The summed E-state index contributed by atoms with van der Waals surface area (Å²) in [6, 6.07) is 0. The Kier molecular flexibility index (Phi) is 6.19. The van der Waals surface area contributed by atoms with Crippen molar-refractivity contribution in [1.82, 2.24) is 13.6 Å². The Bertz CT molecular complexity index is 502. The first-order chi connectivity index (χ1) is 10.5. The summed E-state index contributed by atoms with van der Waals surface area (Å²) in [5, 5.41) is 0. The fourth-order valence-electron chi connectivity index (χ4n) is 2.30. The Morgan fingerprint density at radius 3 is 2.82 bits per heavy atom. The van der Waals surface area contributed by atoms with E-state index in [1.165, 1.54) is 0 Å². The number of ether oxygens (including phenoxy) is 1. The highest BCUT2D eigenvalue weighted by molar-refractivity contribution is 6.99. The third kappa shape index (κ3) is 4.67. The molecule has 0 unspecified atom stereocenters. The Morgan fingerprint density at radius 2 is 2.09 bits per heavy atom. The summed E-state index contributed by atoms with van der Waals surface area (Å²) >= 11 is 0.971. The van der Waals surface area contributed by atoms with Crippen LogP contribution in [0.15, 0.2) is 6.08 Å². The fraction of sp³-hybridized carbons (Fsp3) is 0.714. The zero-order chi connectivity index (χ0) is 16.0. The van der Waals surface area contributed by atoms with Crippen LogP contribution in [0.2, 0.25) is 0 Å². The van der Waals surface area contributed by atoms with E-state index in [2.05, 4.69) is 15.7 Å². The van der Waals surface area contributed by atoms with E-state index in [-0.39, 0.29) is 13.1 Å². The van der Waals surface area contributed by atoms with Gasteiger partial charge in [-0.2, -0.15) is 17.5 Å². The van der Waals surface area contributed by atoms with Crippen molar-refractivity contribution in [3.8, 4) is 5.88 Å². The maximum Gasteiger partial charge on any atom is 0.460 e. The van der Waals surface area contributed by atoms with E-state index >= 15 is 0 Å². The topological polar surface area (TPSA) is 38.3 Å². The van der Waals surface area contributed by atoms with Gasteiger partial charge in [-0.15, -0.1) is 4.37 Å². The van der Waals surface area contributed by atoms with Crippen LogP contribution in [0.5, 0.6) is 5.88 Å². The monoisotopic (exact) mass is 335 g/mol. The molecule has 0 fully saturated rings. The number of rotatable bonds is 7. The van der Waals surface area contributed by atoms with Crippen molar-refractivity contribution in [2.45, 2.75) is 45.3 Å². The maximum atomic E-state index is 12.8. The van der Waals surface area contributed by atoms with Gasteiger partial charge in [-0.05, 0) is 18.4 Å². The highest BCUT2D eigenvalue weighted by atomic mass is 32.1. The average Bonchev–Trinajstić information content (AvgIpc) is 2.95. The van der Waals surface area contributed by atoms with Gasteiger partial charge in [0.1, 0.15) is 5.69 Å². The van der Waals surface area contributed by atoms with Gasteiger partial charge in [-0.3, -0.25) is 0 Å². The van der Waals surface area contributed by atoms with E-state index in [4.69, 9.17) is 4.74 Å². The van der Waals surface area contributed by atoms with E-state index in [9.17, 15) is 13.2 Å². The number of hydrogen-bond acceptors (Lipinski definition) is 5. The van der Waals surface area contributed by atoms with Crippen molar-refractivity contribution < 1.29 is 17.9 Å². The lowest BCUT2D eigenvalue weighted by molar-refractivity contribution is -0.241. The molecule has 1 aliphatic rings. The highest BCUT2D eigenvalue weighted by Crippen LogP contribution is 2.32. The molecule has 0 spiro atoms. The largest absolute Gasteiger partial charge is 0.475 e. The molecule has 1 aromatic heterocycles. The molecule has 0 saturated heterocycles. The fourth-order valence-corrected chi connectivity index (χ4v) is 2.83. The standard InChI is InChI=1S/C14H20F3N3OS/c1-2-3-4-5-9-21-13-12(18-22-19-13)11-7-6-8-20(10-11)14(15,16)17/h7H,2-6,8-10H2,1H3. The Balaban J connectivity index is 1.95. The minimum absolute atomic E-state index is 0.0161. The molecule has 124 valence electrons. The smallest absolute Gasteiger partial charge is 0.460 e.